The minimum atomic E-state index is -4.06. The van der Waals surface area contributed by atoms with Crippen molar-refractivity contribution in [3.8, 4) is 0 Å². The lowest BCUT2D eigenvalue weighted by molar-refractivity contribution is -0.114. The standard InChI is InChI=1S/C21H18ClFN2O3S/c1-15-6-10-17(11-7-15)25(29(27,28)18-12-8-16(22)9-13-18)14-21(26)24-20-5-3-2-4-19(20)23/h2-13H,14H2,1H3,(H,24,26). The molecule has 5 nitrogen and oxygen atoms in total. The van der Waals surface area contributed by atoms with Crippen molar-refractivity contribution in [3.05, 3.63) is 89.2 Å². The van der Waals surface area contributed by atoms with Crippen molar-refractivity contribution in [2.75, 3.05) is 16.2 Å². The number of nitrogens with one attached hydrogen (secondary N) is 1. The van der Waals surface area contributed by atoms with E-state index in [1.54, 1.807) is 30.3 Å². The second-order valence-corrected chi connectivity index (χ2v) is 8.63. The van der Waals surface area contributed by atoms with Crippen LogP contribution in [0.4, 0.5) is 15.8 Å². The van der Waals surface area contributed by atoms with Crippen molar-refractivity contribution in [1.82, 2.24) is 0 Å². The van der Waals surface area contributed by atoms with E-state index in [2.05, 4.69) is 5.32 Å². The molecule has 8 heteroatoms. The van der Waals surface area contributed by atoms with Gasteiger partial charge < -0.3 is 5.32 Å². The number of amides is 1. The third kappa shape index (κ3) is 4.93. The van der Waals surface area contributed by atoms with Crippen LogP contribution in [0.3, 0.4) is 0 Å². The SMILES string of the molecule is Cc1ccc(N(CC(=O)Nc2ccccc2F)S(=O)(=O)c2ccc(Cl)cc2)cc1. The first-order chi connectivity index (χ1) is 13.8. The Kier molecular flexibility index (Phi) is 6.20. The normalized spacial score (nSPS) is 11.1. The third-order valence-corrected chi connectivity index (χ3v) is 6.20. The Hall–Kier alpha value is -2.90. The number of rotatable bonds is 6. The van der Waals surface area contributed by atoms with Gasteiger partial charge in [-0.25, -0.2) is 12.8 Å². The van der Waals surface area contributed by atoms with Gasteiger partial charge in [0.2, 0.25) is 5.91 Å². The van der Waals surface area contributed by atoms with E-state index in [4.69, 9.17) is 11.6 Å². The topological polar surface area (TPSA) is 66.5 Å². The molecule has 0 bridgehead atoms. The number of nitrogens with zero attached hydrogens (tertiary/aromatic N) is 1. The maximum atomic E-state index is 13.8. The van der Waals surface area contributed by atoms with E-state index in [-0.39, 0.29) is 10.6 Å². The van der Waals surface area contributed by atoms with Gasteiger partial charge in [-0.05, 0) is 55.5 Å². The molecule has 0 unspecified atom stereocenters. The van der Waals surface area contributed by atoms with Crippen molar-refractivity contribution in [1.29, 1.82) is 0 Å². The molecule has 0 aromatic heterocycles. The quantitative estimate of drug-likeness (QED) is 0.618. The number of benzene rings is 3. The van der Waals surface area contributed by atoms with Crippen molar-refractivity contribution >= 4 is 38.9 Å². The molecular formula is C21H18ClFN2O3S. The summed E-state index contributed by atoms with van der Waals surface area (Å²) in [6, 6.07) is 18.0. The molecule has 0 aliphatic carbocycles. The summed E-state index contributed by atoms with van der Waals surface area (Å²) in [5.41, 5.74) is 1.23. The number of para-hydroxylation sites is 1. The van der Waals surface area contributed by atoms with Gasteiger partial charge in [0.05, 0.1) is 16.3 Å². The molecule has 3 rings (SSSR count). The fraction of sp³-hybridized carbons (Fsp3) is 0.0952. The Bertz CT molecular complexity index is 1120. The number of aryl methyl sites for hydroxylation is 1. The summed E-state index contributed by atoms with van der Waals surface area (Å²) in [5.74, 6) is -1.28. The number of hydrogen-bond acceptors (Lipinski definition) is 3. The summed E-state index contributed by atoms with van der Waals surface area (Å²) in [6.07, 6.45) is 0. The van der Waals surface area contributed by atoms with Crippen LogP contribution in [0.15, 0.2) is 77.7 Å². The van der Waals surface area contributed by atoms with E-state index in [1.165, 1.54) is 42.5 Å². The van der Waals surface area contributed by atoms with Crippen LogP contribution < -0.4 is 9.62 Å². The van der Waals surface area contributed by atoms with E-state index in [0.29, 0.717) is 10.7 Å². The number of anilines is 2. The Labute approximate surface area is 173 Å². The molecule has 3 aromatic rings. The van der Waals surface area contributed by atoms with Gasteiger partial charge >= 0.3 is 0 Å². The monoisotopic (exact) mass is 432 g/mol. The van der Waals surface area contributed by atoms with Crippen molar-refractivity contribution in [3.63, 3.8) is 0 Å². The van der Waals surface area contributed by atoms with Crippen molar-refractivity contribution < 1.29 is 17.6 Å². The zero-order valence-corrected chi connectivity index (χ0v) is 17.0. The number of hydrogen-bond donors (Lipinski definition) is 1. The highest BCUT2D eigenvalue weighted by molar-refractivity contribution is 7.92. The fourth-order valence-electron chi connectivity index (χ4n) is 2.64. The summed E-state index contributed by atoms with van der Waals surface area (Å²) in [4.78, 5) is 12.5. The van der Waals surface area contributed by atoms with Crippen LogP contribution in [0.5, 0.6) is 0 Å². The molecule has 3 aromatic carbocycles. The molecule has 1 amide bonds. The summed E-state index contributed by atoms with van der Waals surface area (Å²) in [6.45, 7) is 1.34. The van der Waals surface area contributed by atoms with Crippen LogP contribution in [0.25, 0.3) is 0 Å². The summed E-state index contributed by atoms with van der Waals surface area (Å²) in [5, 5.41) is 2.81. The zero-order chi connectivity index (χ0) is 21.0. The van der Waals surface area contributed by atoms with Crippen molar-refractivity contribution in [2.24, 2.45) is 0 Å². The van der Waals surface area contributed by atoms with Gasteiger partial charge in [-0.15, -0.1) is 0 Å². The van der Waals surface area contributed by atoms with E-state index in [0.717, 1.165) is 9.87 Å². The smallest absolute Gasteiger partial charge is 0.264 e. The average Bonchev–Trinajstić information content (AvgIpc) is 2.69. The van der Waals surface area contributed by atoms with Gasteiger partial charge in [-0.3, -0.25) is 9.10 Å². The molecule has 0 aliphatic rings. The van der Waals surface area contributed by atoms with E-state index < -0.39 is 28.3 Å². The Morgan fingerprint density at radius 3 is 2.24 bits per heavy atom. The minimum Gasteiger partial charge on any atom is -0.322 e. The highest BCUT2D eigenvalue weighted by atomic mass is 35.5. The minimum absolute atomic E-state index is 0.0128. The number of halogens is 2. The molecule has 0 radical (unpaired) electrons. The fourth-order valence-corrected chi connectivity index (χ4v) is 4.19. The van der Waals surface area contributed by atoms with Crippen LogP contribution in [0, 0.1) is 12.7 Å². The predicted molar refractivity (Wildman–Crippen MR) is 112 cm³/mol. The molecule has 0 fully saturated rings. The maximum Gasteiger partial charge on any atom is 0.264 e. The Morgan fingerprint density at radius 1 is 1.00 bits per heavy atom. The van der Waals surface area contributed by atoms with Gasteiger partial charge in [0.1, 0.15) is 12.4 Å². The molecule has 0 aliphatic heterocycles. The van der Waals surface area contributed by atoms with E-state index in [1.807, 2.05) is 6.92 Å². The second kappa shape index (κ2) is 8.63. The summed E-state index contributed by atoms with van der Waals surface area (Å²) < 4.78 is 41.2. The second-order valence-electron chi connectivity index (χ2n) is 6.33. The number of carbonyl (C=O) groups excluding carboxylic acids is 1. The zero-order valence-electron chi connectivity index (χ0n) is 15.5. The van der Waals surface area contributed by atoms with Gasteiger partial charge in [-0.1, -0.05) is 41.4 Å². The lowest BCUT2D eigenvalue weighted by Gasteiger charge is -2.24. The number of sulfonamides is 1. The highest BCUT2D eigenvalue weighted by Crippen LogP contribution is 2.25. The van der Waals surface area contributed by atoms with E-state index in [9.17, 15) is 17.6 Å². The molecule has 1 N–H and O–H groups in total. The molecule has 0 saturated heterocycles. The molecule has 0 spiro atoms. The molecule has 0 atom stereocenters. The first-order valence-electron chi connectivity index (χ1n) is 8.67. The van der Waals surface area contributed by atoms with Gasteiger partial charge in [0, 0.05) is 5.02 Å². The maximum absolute atomic E-state index is 13.8. The lowest BCUT2D eigenvalue weighted by atomic mass is 10.2. The Morgan fingerprint density at radius 2 is 1.62 bits per heavy atom. The summed E-state index contributed by atoms with van der Waals surface area (Å²) in [7, 11) is -4.06. The molecular weight excluding hydrogens is 415 g/mol. The third-order valence-electron chi connectivity index (χ3n) is 4.16. The van der Waals surface area contributed by atoms with Crippen LogP contribution in [0.1, 0.15) is 5.56 Å². The van der Waals surface area contributed by atoms with Crippen molar-refractivity contribution in [2.45, 2.75) is 11.8 Å². The predicted octanol–water partition coefficient (Wildman–Crippen LogP) is 4.62. The van der Waals surface area contributed by atoms with Crippen LogP contribution in [-0.2, 0) is 14.8 Å². The van der Waals surface area contributed by atoms with E-state index >= 15 is 0 Å². The van der Waals surface area contributed by atoms with Gasteiger partial charge in [-0.2, -0.15) is 0 Å². The van der Waals surface area contributed by atoms with Gasteiger partial charge in [0.15, 0.2) is 0 Å². The molecule has 29 heavy (non-hydrogen) atoms. The molecule has 150 valence electrons. The average molecular weight is 433 g/mol. The summed E-state index contributed by atoms with van der Waals surface area (Å²) >= 11 is 5.86. The molecule has 0 saturated carbocycles. The lowest BCUT2D eigenvalue weighted by Crippen LogP contribution is -2.38. The van der Waals surface area contributed by atoms with Gasteiger partial charge in [0.25, 0.3) is 10.0 Å². The Balaban J connectivity index is 1.95. The first-order valence-corrected chi connectivity index (χ1v) is 10.5. The van der Waals surface area contributed by atoms with Crippen LogP contribution >= 0.6 is 11.6 Å². The van der Waals surface area contributed by atoms with Crippen LogP contribution in [0.2, 0.25) is 5.02 Å². The highest BCUT2D eigenvalue weighted by Gasteiger charge is 2.27. The van der Waals surface area contributed by atoms with Crippen LogP contribution in [-0.4, -0.2) is 20.9 Å². The first kappa shape index (κ1) is 20.8. The largest absolute Gasteiger partial charge is 0.322 e. The number of carbonyl (C=O) groups is 1. The molecule has 0 heterocycles.